The fraction of sp³-hybridized carbons (Fsp3) is 1.00. The van der Waals surface area contributed by atoms with Crippen LogP contribution in [0.1, 0.15) is 71.6 Å². The summed E-state index contributed by atoms with van der Waals surface area (Å²) in [6.07, 6.45) is 9.79. The largest absolute Gasteiger partial charge is 0.390 e. The van der Waals surface area contributed by atoms with Gasteiger partial charge in [0.2, 0.25) is 0 Å². The monoisotopic (exact) mass is 272 g/mol. The molecule has 114 valence electrons. The van der Waals surface area contributed by atoms with Gasteiger partial charge in [0.15, 0.2) is 0 Å². The van der Waals surface area contributed by atoms with Gasteiger partial charge in [0.1, 0.15) is 0 Å². The van der Waals surface area contributed by atoms with Crippen LogP contribution < -0.4 is 0 Å². The third-order valence-electron chi connectivity index (χ3n) is 4.21. The summed E-state index contributed by atoms with van der Waals surface area (Å²) in [5, 5.41) is 10.5. The lowest BCUT2D eigenvalue weighted by atomic mass is 9.85. The Hall–Kier alpha value is -0.120. The molecule has 19 heavy (non-hydrogen) atoms. The van der Waals surface area contributed by atoms with Gasteiger partial charge in [-0.05, 0) is 13.3 Å². The van der Waals surface area contributed by atoms with Crippen molar-refractivity contribution in [2.45, 2.75) is 83.3 Å². The zero-order valence-corrected chi connectivity index (χ0v) is 12.8. The fourth-order valence-corrected chi connectivity index (χ4v) is 2.96. The fourth-order valence-electron chi connectivity index (χ4n) is 2.96. The maximum absolute atomic E-state index is 10.5. The van der Waals surface area contributed by atoms with Gasteiger partial charge in [0, 0.05) is 32.7 Å². The van der Waals surface area contributed by atoms with E-state index >= 15 is 0 Å². The molecule has 0 bridgehead atoms. The molecule has 1 aliphatic heterocycles. The molecule has 1 heterocycles. The second-order valence-corrected chi connectivity index (χ2v) is 5.68. The Morgan fingerprint density at radius 1 is 1.05 bits per heavy atom. The molecule has 1 aliphatic rings. The Balaban J connectivity index is 2.25. The molecule has 1 atom stereocenters. The molecule has 0 radical (unpaired) electrons. The van der Waals surface area contributed by atoms with Crippen molar-refractivity contribution >= 4 is 0 Å². The van der Waals surface area contributed by atoms with E-state index in [4.69, 9.17) is 9.47 Å². The number of rotatable bonds is 10. The summed E-state index contributed by atoms with van der Waals surface area (Å²) < 4.78 is 11.3. The molecule has 0 aliphatic carbocycles. The van der Waals surface area contributed by atoms with Crippen molar-refractivity contribution in [3.05, 3.63) is 0 Å². The minimum Gasteiger partial charge on any atom is -0.390 e. The number of unbranched alkanes of at least 4 members (excludes halogenated alkanes) is 5. The Morgan fingerprint density at radius 2 is 1.68 bits per heavy atom. The van der Waals surface area contributed by atoms with E-state index < -0.39 is 0 Å². The van der Waals surface area contributed by atoms with E-state index in [0.29, 0.717) is 19.8 Å². The topological polar surface area (TPSA) is 38.7 Å². The standard InChI is InChI=1S/C16H32O3/c1-3-5-6-7-8-9-10-15(17)16(19-4-2)11-13-18-14-12-16/h15,17H,3-14H2,1-2H3. The SMILES string of the molecule is CCCCCCCCC(O)C1(OCC)CCOCC1. The van der Waals surface area contributed by atoms with Crippen LogP contribution in [0.15, 0.2) is 0 Å². The quantitative estimate of drug-likeness (QED) is 0.617. The van der Waals surface area contributed by atoms with Gasteiger partial charge in [-0.25, -0.2) is 0 Å². The highest BCUT2D eigenvalue weighted by Gasteiger charge is 2.39. The predicted molar refractivity (Wildman–Crippen MR) is 78.4 cm³/mol. The highest BCUT2D eigenvalue weighted by Crippen LogP contribution is 2.31. The van der Waals surface area contributed by atoms with Gasteiger partial charge in [-0.2, -0.15) is 0 Å². The highest BCUT2D eigenvalue weighted by atomic mass is 16.5. The number of aliphatic hydroxyl groups is 1. The molecule has 1 N–H and O–H groups in total. The van der Waals surface area contributed by atoms with Gasteiger partial charge in [-0.3, -0.25) is 0 Å². The lowest BCUT2D eigenvalue weighted by Crippen LogP contribution is -2.49. The lowest BCUT2D eigenvalue weighted by Gasteiger charge is -2.40. The summed E-state index contributed by atoms with van der Waals surface area (Å²) in [5.74, 6) is 0. The van der Waals surface area contributed by atoms with Gasteiger partial charge in [-0.1, -0.05) is 45.4 Å². The van der Waals surface area contributed by atoms with Crippen molar-refractivity contribution in [2.75, 3.05) is 19.8 Å². The van der Waals surface area contributed by atoms with Gasteiger partial charge in [0.25, 0.3) is 0 Å². The highest BCUT2D eigenvalue weighted by molar-refractivity contribution is 4.90. The Kier molecular flexibility index (Phi) is 8.67. The van der Waals surface area contributed by atoms with Crippen LogP contribution in [0, 0.1) is 0 Å². The molecule has 3 nitrogen and oxygen atoms in total. The third-order valence-corrected chi connectivity index (χ3v) is 4.21. The summed E-state index contributed by atoms with van der Waals surface area (Å²) in [5.41, 5.74) is -0.337. The molecular formula is C16H32O3. The number of aliphatic hydroxyl groups excluding tert-OH is 1. The van der Waals surface area contributed by atoms with Gasteiger partial charge in [-0.15, -0.1) is 0 Å². The number of hydrogen-bond donors (Lipinski definition) is 1. The van der Waals surface area contributed by atoms with Crippen LogP contribution in [0.2, 0.25) is 0 Å². The van der Waals surface area contributed by atoms with E-state index in [1.807, 2.05) is 6.92 Å². The first-order valence-electron chi connectivity index (χ1n) is 8.15. The summed E-state index contributed by atoms with van der Waals surface area (Å²) >= 11 is 0. The van der Waals surface area contributed by atoms with Gasteiger partial charge in [0.05, 0.1) is 11.7 Å². The average molecular weight is 272 g/mol. The first kappa shape index (κ1) is 16.9. The Bertz CT molecular complexity index is 207. The Morgan fingerprint density at radius 3 is 2.32 bits per heavy atom. The molecular weight excluding hydrogens is 240 g/mol. The van der Waals surface area contributed by atoms with E-state index in [1.165, 1.54) is 32.1 Å². The van der Waals surface area contributed by atoms with Crippen molar-refractivity contribution in [2.24, 2.45) is 0 Å². The maximum Gasteiger partial charge on any atom is 0.0983 e. The van der Waals surface area contributed by atoms with Crippen LogP contribution >= 0.6 is 0 Å². The smallest absolute Gasteiger partial charge is 0.0983 e. The summed E-state index contributed by atoms with van der Waals surface area (Å²) in [6, 6.07) is 0. The molecule has 0 aromatic rings. The zero-order chi connectivity index (χ0) is 14.0. The number of hydrogen-bond acceptors (Lipinski definition) is 3. The average Bonchev–Trinajstić information content (AvgIpc) is 2.44. The normalized spacial score (nSPS) is 20.4. The lowest BCUT2D eigenvalue weighted by molar-refractivity contribution is -0.167. The molecule has 1 rings (SSSR count). The molecule has 0 aromatic heterocycles. The van der Waals surface area contributed by atoms with Crippen LogP contribution in [-0.4, -0.2) is 36.6 Å². The molecule has 1 unspecified atom stereocenters. The van der Waals surface area contributed by atoms with Gasteiger partial charge >= 0.3 is 0 Å². The van der Waals surface area contributed by atoms with Gasteiger partial charge < -0.3 is 14.6 Å². The molecule has 1 fully saturated rings. The molecule has 0 spiro atoms. The molecule has 0 aromatic carbocycles. The van der Waals surface area contributed by atoms with E-state index in [0.717, 1.165) is 25.7 Å². The van der Waals surface area contributed by atoms with Crippen LogP contribution in [-0.2, 0) is 9.47 Å². The van der Waals surface area contributed by atoms with Crippen molar-refractivity contribution in [3.63, 3.8) is 0 Å². The van der Waals surface area contributed by atoms with Crippen molar-refractivity contribution in [1.29, 1.82) is 0 Å². The van der Waals surface area contributed by atoms with Crippen molar-refractivity contribution in [3.8, 4) is 0 Å². The Labute approximate surface area is 118 Å². The zero-order valence-electron chi connectivity index (χ0n) is 12.8. The minimum atomic E-state index is -0.337. The molecule has 1 saturated heterocycles. The van der Waals surface area contributed by atoms with E-state index in [9.17, 15) is 5.11 Å². The van der Waals surface area contributed by atoms with Crippen LogP contribution in [0.4, 0.5) is 0 Å². The van der Waals surface area contributed by atoms with Crippen LogP contribution in [0.25, 0.3) is 0 Å². The third kappa shape index (κ3) is 5.80. The first-order chi connectivity index (χ1) is 9.25. The summed E-state index contributed by atoms with van der Waals surface area (Å²) in [4.78, 5) is 0. The second kappa shape index (κ2) is 9.73. The maximum atomic E-state index is 10.5. The van der Waals surface area contributed by atoms with E-state index in [-0.39, 0.29) is 11.7 Å². The predicted octanol–water partition coefficient (Wildman–Crippen LogP) is 3.68. The van der Waals surface area contributed by atoms with E-state index in [1.54, 1.807) is 0 Å². The molecule has 0 saturated carbocycles. The minimum absolute atomic E-state index is 0.331. The summed E-state index contributed by atoms with van der Waals surface area (Å²) in [6.45, 7) is 6.35. The van der Waals surface area contributed by atoms with E-state index in [2.05, 4.69) is 6.92 Å². The molecule has 0 amide bonds. The molecule has 3 heteroatoms. The van der Waals surface area contributed by atoms with Crippen molar-refractivity contribution < 1.29 is 14.6 Å². The second-order valence-electron chi connectivity index (χ2n) is 5.68. The summed E-state index contributed by atoms with van der Waals surface area (Å²) in [7, 11) is 0. The van der Waals surface area contributed by atoms with Crippen molar-refractivity contribution in [1.82, 2.24) is 0 Å². The van der Waals surface area contributed by atoms with Crippen LogP contribution in [0.3, 0.4) is 0 Å². The van der Waals surface area contributed by atoms with Crippen LogP contribution in [0.5, 0.6) is 0 Å². The first-order valence-corrected chi connectivity index (χ1v) is 8.15. The number of ether oxygens (including phenoxy) is 2.